The van der Waals surface area contributed by atoms with Gasteiger partial charge in [0.05, 0.1) is 12.7 Å². The maximum absolute atomic E-state index is 11.5. The van der Waals surface area contributed by atoms with Crippen LogP contribution in [0.5, 0.6) is 0 Å². The topological polar surface area (TPSA) is 69.6 Å². The number of rotatable bonds is 2. The van der Waals surface area contributed by atoms with Crippen molar-refractivity contribution >= 4 is 27.5 Å². The van der Waals surface area contributed by atoms with E-state index in [9.17, 15) is 4.79 Å². The summed E-state index contributed by atoms with van der Waals surface area (Å²) in [7, 11) is 1.34. The number of halogens is 1. The third-order valence-electron chi connectivity index (χ3n) is 2.62. The molecule has 19 heavy (non-hydrogen) atoms. The van der Waals surface area contributed by atoms with Gasteiger partial charge >= 0.3 is 5.97 Å². The lowest BCUT2D eigenvalue weighted by molar-refractivity contribution is 0.0600. The zero-order valence-electron chi connectivity index (χ0n) is 9.83. The molecule has 0 N–H and O–H groups in total. The Hall–Kier alpha value is -2.15. The largest absolute Gasteiger partial charge is 0.465 e. The van der Waals surface area contributed by atoms with Crippen LogP contribution >= 0.6 is 15.9 Å². The van der Waals surface area contributed by atoms with Gasteiger partial charge in [-0.15, -0.1) is 10.2 Å². The summed E-state index contributed by atoms with van der Waals surface area (Å²) in [5, 5.41) is 8.07. The minimum Gasteiger partial charge on any atom is -0.465 e. The van der Waals surface area contributed by atoms with Crippen molar-refractivity contribution in [3.8, 4) is 11.6 Å². The van der Waals surface area contributed by atoms with Gasteiger partial charge < -0.3 is 9.15 Å². The van der Waals surface area contributed by atoms with Crippen LogP contribution in [0.3, 0.4) is 0 Å². The zero-order chi connectivity index (χ0) is 13.4. The van der Waals surface area contributed by atoms with E-state index in [1.807, 2.05) is 0 Å². The highest BCUT2D eigenvalue weighted by molar-refractivity contribution is 9.10. The van der Waals surface area contributed by atoms with Crippen molar-refractivity contribution in [3.63, 3.8) is 0 Å². The number of methoxy groups -OCH3 is 1. The van der Waals surface area contributed by atoms with Crippen molar-refractivity contribution in [1.29, 1.82) is 0 Å². The molecule has 3 aromatic rings. The second-order valence-electron chi connectivity index (χ2n) is 3.76. The maximum Gasteiger partial charge on any atom is 0.339 e. The van der Waals surface area contributed by atoms with Crippen molar-refractivity contribution in [2.75, 3.05) is 7.11 Å². The number of furan rings is 1. The minimum atomic E-state index is -0.415. The van der Waals surface area contributed by atoms with Crippen molar-refractivity contribution in [1.82, 2.24) is 14.6 Å². The molecule has 0 atom stereocenters. The fourth-order valence-electron chi connectivity index (χ4n) is 1.73. The van der Waals surface area contributed by atoms with Gasteiger partial charge in [0.25, 0.3) is 0 Å². The molecule has 3 heterocycles. The summed E-state index contributed by atoms with van der Waals surface area (Å²) in [5.41, 5.74) is 1.04. The van der Waals surface area contributed by atoms with E-state index in [1.165, 1.54) is 7.11 Å². The Bertz CT molecular complexity index is 763. The van der Waals surface area contributed by atoms with Gasteiger partial charge in [-0.2, -0.15) is 0 Å². The number of carbonyl (C=O) groups excluding carboxylic acids is 1. The van der Waals surface area contributed by atoms with E-state index in [4.69, 9.17) is 4.42 Å². The molecule has 6 nitrogen and oxygen atoms in total. The first-order chi connectivity index (χ1) is 9.19. The van der Waals surface area contributed by atoms with Crippen LogP contribution < -0.4 is 0 Å². The van der Waals surface area contributed by atoms with E-state index >= 15 is 0 Å². The molecule has 0 fully saturated rings. The fourth-order valence-corrected chi connectivity index (χ4v) is 2.04. The third kappa shape index (κ3) is 2.01. The molecule has 0 amide bonds. The first kappa shape index (κ1) is 11.9. The average molecular weight is 322 g/mol. The van der Waals surface area contributed by atoms with Gasteiger partial charge in [0.15, 0.2) is 16.1 Å². The molecule has 96 valence electrons. The van der Waals surface area contributed by atoms with Crippen LogP contribution in [0, 0.1) is 0 Å². The minimum absolute atomic E-state index is 0.415. The second kappa shape index (κ2) is 4.51. The van der Waals surface area contributed by atoms with Gasteiger partial charge in [-0.25, -0.2) is 4.79 Å². The molecule has 0 aliphatic heterocycles. The molecule has 7 heteroatoms. The van der Waals surface area contributed by atoms with Crippen LogP contribution in [-0.2, 0) is 4.74 Å². The second-order valence-corrected chi connectivity index (χ2v) is 4.55. The standard InChI is InChI=1S/C12H8BrN3O3/c1-18-12(17)7-2-5-10-14-15-11(16(10)6-7)8-3-4-9(13)19-8/h2-6H,1H3. The van der Waals surface area contributed by atoms with E-state index in [1.54, 1.807) is 34.9 Å². The first-order valence-corrected chi connectivity index (χ1v) is 6.17. The fraction of sp³-hybridized carbons (Fsp3) is 0.0833. The number of pyridine rings is 1. The number of carbonyl (C=O) groups is 1. The van der Waals surface area contributed by atoms with Crippen LogP contribution in [0.25, 0.3) is 17.2 Å². The number of esters is 1. The Kier molecular flexibility index (Phi) is 2.83. The molecule has 0 aromatic carbocycles. The lowest BCUT2D eigenvalue weighted by Crippen LogP contribution is -2.03. The molecule has 0 saturated carbocycles. The number of ether oxygens (including phenoxy) is 1. The average Bonchev–Trinajstić information content (AvgIpc) is 3.02. The van der Waals surface area contributed by atoms with Gasteiger partial charge in [0.2, 0.25) is 5.82 Å². The SMILES string of the molecule is COC(=O)c1ccc2nnc(-c3ccc(Br)o3)n2c1. The lowest BCUT2D eigenvalue weighted by Gasteiger charge is -2.01. The predicted octanol–water partition coefficient (Wildman–Crippen LogP) is 2.54. The Morgan fingerprint density at radius 1 is 1.32 bits per heavy atom. The highest BCUT2D eigenvalue weighted by Crippen LogP contribution is 2.24. The summed E-state index contributed by atoms with van der Waals surface area (Å²) in [5.74, 6) is 0.662. The third-order valence-corrected chi connectivity index (χ3v) is 3.04. The molecule has 3 rings (SSSR count). The van der Waals surface area contributed by atoms with Crippen molar-refractivity contribution in [2.45, 2.75) is 0 Å². The lowest BCUT2D eigenvalue weighted by atomic mass is 10.3. The summed E-state index contributed by atoms with van der Waals surface area (Å²) < 4.78 is 12.4. The molecule has 0 aliphatic rings. The van der Waals surface area contributed by atoms with E-state index in [2.05, 4.69) is 30.9 Å². The van der Waals surface area contributed by atoms with Crippen LogP contribution in [0.1, 0.15) is 10.4 Å². The van der Waals surface area contributed by atoms with E-state index in [0.29, 0.717) is 27.5 Å². The van der Waals surface area contributed by atoms with Crippen LogP contribution in [-0.4, -0.2) is 27.7 Å². The molecule has 0 saturated heterocycles. The summed E-state index contributed by atoms with van der Waals surface area (Å²) in [6.45, 7) is 0. The molecule has 0 unspecified atom stereocenters. The first-order valence-electron chi connectivity index (χ1n) is 5.38. The number of hydrogen-bond acceptors (Lipinski definition) is 5. The van der Waals surface area contributed by atoms with E-state index < -0.39 is 5.97 Å². The molecule has 0 radical (unpaired) electrons. The monoisotopic (exact) mass is 321 g/mol. The van der Waals surface area contributed by atoms with Gasteiger partial charge in [-0.05, 0) is 40.2 Å². The summed E-state index contributed by atoms with van der Waals surface area (Å²) >= 11 is 3.23. The normalized spacial score (nSPS) is 10.8. The highest BCUT2D eigenvalue weighted by Gasteiger charge is 2.14. The van der Waals surface area contributed by atoms with E-state index in [-0.39, 0.29) is 0 Å². The highest BCUT2D eigenvalue weighted by atomic mass is 79.9. The smallest absolute Gasteiger partial charge is 0.339 e. The van der Waals surface area contributed by atoms with Gasteiger partial charge in [0.1, 0.15) is 0 Å². The molecular weight excluding hydrogens is 314 g/mol. The quantitative estimate of drug-likeness (QED) is 0.678. The summed E-state index contributed by atoms with van der Waals surface area (Å²) in [6, 6.07) is 6.87. The number of nitrogens with zero attached hydrogens (tertiary/aromatic N) is 3. The van der Waals surface area contributed by atoms with Gasteiger partial charge in [0, 0.05) is 6.20 Å². The number of aromatic nitrogens is 3. The Morgan fingerprint density at radius 2 is 2.16 bits per heavy atom. The van der Waals surface area contributed by atoms with Crippen molar-refractivity contribution < 1.29 is 13.9 Å². The predicted molar refractivity (Wildman–Crippen MR) is 69.7 cm³/mol. The number of hydrogen-bond donors (Lipinski definition) is 0. The summed E-state index contributed by atoms with van der Waals surface area (Å²) in [4.78, 5) is 11.5. The van der Waals surface area contributed by atoms with Crippen molar-refractivity contribution in [2.24, 2.45) is 0 Å². The maximum atomic E-state index is 11.5. The molecular formula is C12H8BrN3O3. The number of fused-ring (bicyclic) bond motifs is 1. The summed E-state index contributed by atoms with van der Waals surface area (Å²) in [6.07, 6.45) is 1.62. The Labute approximate surface area is 116 Å². The molecule has 3 aromatic heterocycles. The van der Waals surface area contributed by atoms with E-state index in [0.717, 1.165) is 0 Å². The zero-order valence-corrected chi connectivity index (χ0v) is 11.4. The van der Waals surface area contributed by atoms with Crippen LogP contribution in [0.4, 0.5) is 0 Å². The molecule has 0 bridgehead atoms. The Morgan fingerprint density at radius 3 is 2.84 bits per heavy atom. The van der Waals surface area contributed by atoms with Crippen molar-refractivity contribution in [3.05, 3.63) is 40.7 Å². The van der Waals surface area contributed by atoms with Gasteiger partial charge in [-0.3, -0.25) is 4.40 Å². The van der Waals surface area contributed by atoms with Crippen LogP contribution in [0.2, 0.25) is 0 Å². The molecule has 0 spiro atoms. The van der Waals surface area contributed by atoms with Crippen LogP contribution in [0.15, 0.2) is 39.5 Å². The Balaban J connectivity index is 2.18. The van der Waals surface area contributed by atoms with Gasteiger partial charge in [-0.1, -0.05) is 0 Å². The molecule has 0 aliphatic carbocycles.